The van der Waals surface area contributed by atoms with E-state index in [1.54, 1.807) is 30.6 Å². The molecular formula is C19H17N3O3. The van der Waals surface area contributed by atoms with Crippen LogP contribution in [-0.2, 0) is 9.53 Å². The number of rotatable bonds is 4. The summed E-state index contributed by atoms with van der Waals surface area (Å²) in [4.78, 5) is 32.4. The molecule has 6 heteroatoms. The highest BCUT2D eigenvalue weighted by Gasteiger charge is 2.12. The molecule has 0 aliphatic rings. The average Bonchev–Trinajstić information content (AvgIpc) is 2.63. The van der Waals surface area contributed by atoms with Gasteiger partial charge in [0.25, 0.3) is 5.91 Å². The number of aromatic nitrogens is 2. The number of aryl methyl sites for hydroxylation is 1. The molecule has 1 heterocycles. The molecule has 1 amide bonds. The van der Waals surface area contributed by atoms with Crippen molar-refractivity contribution in [3.63, 3.8) is 0 Å². The second kappa shape index (κ2) is 7.09. The zero-order valence-electron chi connectivity index (χ0n) is 13.9. The van der Waals surface area contributed by atoms with Gasteiger partial charge < -0.3 is 10.1 Å². The van der Waals surface area contributed by atoms with Gasteiger partial charge in [0.2, 0.25) is 0 Å². The largest absolute Gasteiger partial charge is 0.452 e. The van der Waals surface area contributed by atoms with E-state index in [9.17, 15) is 9.59 Å². The fraction of sp³-hybridized carbons (Fsp3) is 0.158. The van der Waals surface area contributed by atoms with Crippen molar-refractivity contribution in [2.75, 3.05) is 11.9 Å². The van der Waals surface area contributed by atoms with Crippen LogP contribution < -0.4 is 5.32 Å². The number of nitrogens with zero attached hydrogens (tertiary/aromatic N) is 2. The number of hydrogen-bond acceptors (Lipinski definition) is 5. The lowest BCUT2D eigenvalue weighted by Gasteiger charge is -2.10. The van der Waals surface area contributed by atoms with Gasteiger partial charge in [-0.25, -0.2) is 4.79 Å². The van der Waals surface area contributed by atoms with Gasteiger partial charge in [0.05, 0.1) is 16.6 Å². The Balaban J connectivity index is 1.63. The maximum Gasteiger partial charge on any atom is 0.338 e. The SMILES string of the molecule is Cc1cccc(NC(=O)COC(=O)c2ccc3nccnc3c2)c1C. The van der Waals surface area contributed by atoms with E-state index in [1.165, 1.54) is 0 Å². The highest BCUT2D eigenvalue weighted by atomic mass is 16.5. The van der Waals surface area contributed by atoms with Crippen molar-refractivity contribution in [3.8, 4) is 0 Å². The van der Waals surface area contributed by atoms with Crippen LogP contribution in [0.4, 0.5) is 5.69 Å². The van der Waals surface area contributed by atoms with Crippen molar-refractivity contribution in [2.45, 2.75) is 13.8 Å². The fourth-order valence-corrected chi connectivity index (χ4v) is 2.38. The van der Waals surface area contributed by atoms with E-state index in [-0.39, 0.29) is 12.5 Å². The van der Waals surface area contributed by atoms with Gasteiger partial charge in [-0.1, -0.05) is 12.1 Å². The maximum atomic E-state index is 12.1. The lowest BCUT2D eigenvalue weighted by atomic mass is 10.1. The second-order valence-electron chi connectivity index (χ2n) is 5.63. The van der Waals surface area contributed by atoms with Crippen LogP contribution in [0, 0.1) is 13.8 Å². The van der Waals surface area contributed by atoms with Gasteiger partial charge in [0.1, 0.15) is 0 Å². The molecule has 0 spiro atoms. The van der Waals surface area contributed by atoms with E-state index in [0.29, 0.717) is 22.3 Å². The summed E-state index contributed by atoms with van der Waals surface area (Å²) in [5, 5.41) is 2.75. The molecule has 126 valence electrons. The van der Waals surface area contributed by atoms with Gasteiger partial charge in [-0.2, -0.15) is 0 Å². The predicted molar refractivity (Wildman–Crippen MR) is 94.4 cm³/mol. The van der Waals surface area contributed by atoms with Crippen LogP contribution in [0.3, 0.4) is 0 Å². The van der Waals surface area contributed by atoms with E-state index < -0.39 is 5.97 Å². The maximum absolute atomic E-state index is 12.1. The van der Waals surface area contributed by atoms with Gasteiger partial charge in [0, 0.05) is 18.1 Å². The van der Waals surface area contributed by atoms with Gasteiger partial charge in [0.15, 0.2) is 6.61 Å². The van der Waals surface area contributed by atoms with Crippen LogP contribution >= 0.6 is 0 Å². The molecule has 0 fully saturated rings. The summed E-state index contributed by atoms with van der Waals surface area (Å²) in [6.45, 7) is 3.53. The molecule has 6 nitrogen and oxygen atoms in total. The lowest BCUT2D eigenvalue weighted by molar-refractivity contribution is -0.119. The van der Waals surface area contributed by atoms with E-state index in [2.05, 4.69) is 15.3 Å². The Morgan fingerprint density at radius 2 is 1.80 bits per heavy atom. The third-order valence-electron chi connectivity index (χ3n) is 3.92. The summed E-state index contributed by atoms with van der Waals surface area (Å²) >= 11 is 0. The molecule has 0 unspecified atom stereocenters. The Bertz CT molecular complexity index is 954. The van der Waals surface area contributed by atoms with Crippen LogP contribution in [0.2, 0.25) is 0 Å². The quantitative estimate of drug-likeness (QED) is 0.741. The molecule has 3 rings (SSSR count). The molecule has 0 aliphatic carbocycles. The van der Waals surface area contributed by atoms with Crippen molar-refractivity contribution in [3.05, 3.63) is 65.5 Å². The van der Waals surface area contributed by atoms with Gasteiger partial charge in [-0.15, -0.1) is 0 Å². The Morgan fingerprint density at radius 1 is 1.04 bits per heavy atom. The van der Waals surface area contributed by atoms with Crippen LogP contribution in [0.25, 0.3) is 11.0 Å². The first-order chi connectivity index (χ1) is 12.0. The van der Waals surface area contributed by atoms with Gasteiger partial charge >= 0.3 is 5.97 Å². The number of carbonyl (C=O) groups is 2. The molecule has 0 saturated carbocycles. The van der Waals surface area contributed by atoms with E-state index in [1.807, 2.05) is 32.0 Å². The minimum absolute atomic E-state index is 0.326. The third-order valence-corrected chi connectivity index (χ3v) is 3.92. The zero-order chi connectivity index (χ0) is 17.8. The van der Waals surface area contributed by atoms with Crippen LogP contribution in [0.5, 0.6) is 0 Å². The van der Waals surface area contributed by atoms with Crippen LogP contribution in [0.15, 0.2) is 48.8 Å². The number of fused-ring (bicyclic) bond motifs is 1. The highest BCUT2D eigenvalue weighted by Crippen LogP contribution is 2.18. The van der Waals surface area contributed by atoms with Crippen molar-refractivity contribution < 1.29 is 14.3 Å². The predicted octanol–water partition coefficient (Wildman–Crippen LogP) is 3.04. The fourth-order valence-electron chi connectivity index (χ4n) is 2.38. The molecule has 0 aliphatic heterocycles. The minimum atomic E-state index is -0.580. The Labute approximate surface area is 144 Å². The van der Waals surface area contributed by atoms with Crippen molar-refractivity contribution in [2.24, 2.45) is 0 Å². The molecule has 0 saturated heterocycles. The smallest absolute Gasteiger partial charge is 0.338 e. The molecule has 2 aromatic carbocycles. The lowest BCUT2D eigenvalue weighted by Crippen LogP contribution is -2.21. The second-order valence-corrected chi connectivity index (χ2v) is 5.63. The summed E-state index contributed by atoms with van der Waals surface area (Å²) in [5.41, 5.74) is 4.38. The van der Waals surface area contributed by atoms with Crippen molar-refractivity contribution in [1.82, 2.24) is 9.97 Å². The van der Waals surface area contributed by atoms with Crippen molar-refractivity contribution in [1.29, 1.82) is 0 Å². The number of esters is 1. The summed E-state index contributed by atoms with van der Waals surface area (Å²) in [6.07, 6.45) is 3.13. The summed E-state index contributed by atoms with van der Waals surface area (Å²) < 4.78 is 5.08. The van der Waals surface area contributed by atoms with E-state index in [0.717, 1.165) is 11.1 Å². The molecule has 1 N–H and O–H groups in total. The number of hydrogen-bond donors (Lipinski definition) is 1. The molecule has 0 bridgehead atoms. The first-order valence-corrected chi connectivity index (χ1v) is 7.78. The number of ether oxygens (including phenoxy) is 1. The summed E-state index contributed by atoms with van der Waals surface area (Å²) in [6, 6.07) is 10.5. The number of nitrogens with one attached hydrogen (secondary N) is 1. The first kappa shape index (κ1) is 16.6. The number of benzene rings is 2. The standard InChI is InChI=1S/C19H17N3O3/c1-12-4-3-5-15(13(12)2)22-18(23)11-25-19(24)14-6-7-16-17(10-14)21-9-8-20-16/h3-10H,11H2,1-2H3,(H,22,23). The number of amides is 1. The van der Waals surface area contributed by atoms with Gasteiger partial charge in [-0.3, -0.25) is 14.8 Å². The Morgan fingerprint density at radius 3 is 2.60 bits per heavy atom. The number of anilines is 1. The van der Waals surface area contributed by atoms with Crippen LogP contribution in [-0.4, -0.2) is 28.5 Å². The third kappa shape index (κ3) is 3.80. The van der Waals surface area contributed by atoms with E-state index >= 15 is 0 Å². The summed E-state index contributed by atoms with van der Waals surface area (Å²) in [5.74, 6) is -0.966. The topological polar surface area (TPSA) is 81.2 Å². The first-order valence-electron chi connectivity index (χ1n) is 7.78. The molecular weight excluding hydrogens is 318 g/mol. The van der Waals surface area contributed by atoms with Crippen LogP contribution in [0.1, 0.15) is 21.5 Å². The Kier molecular flexibility index (Phi) is 4.70. The molecule has 0 atom stereocenters. The average molecular weight is 335 g/mol. The zero-order valence-corrected chi connectivity index (χ0v) is 13.9. The molecule has 0 radical (unpaired) electrons. The van der Waals surface area contributed by atoms with Crippen molar-refractivity contribution >= 4 is 28.6 Å². The van der Waals surface area contributed by atoms with E-state index in [4.69, 9.17) is 4.74 Å². The Hall–Kier alpha value is -3.28. The number of carbonyl (C=O) groups excluding carboxylic acids is 2. The van der Waals surface area contributed by atoms with Gasteiger partial charge in [-0.05, 0) is 49.2 Å². The minimum Gasteiger partial charge on any atom is -0.452 e. The summed E-state index contributed by atoms with van der Waals surface area (Å²) in [7, 11) is 0. The highest BCUT2D eigenvalue weighted by molar-refractivity contribution is 5.97. The molecule has 25 heavy (non-hydrogen) atoms. The molecule has 1 aromatic heterocycles. The molecule has 3 aromatic rings. The normalized spacial score (nSPS) is 10.5. The monoisotopic (exact) mass is 335 g/mol.